The molecule has 0 spiro atoms. The van der Waals surface area contributed by atoms with Crippen molar-refractivity contribution in [2.45, 2.75) is 13.8 Å². The van der Waals surface area contributed by atoms with Crippen molar-refractivity contribution < 1.29 is 9.72 Å². The lowest BCUT2D eigenvalue weighted by atomic mass is 10.0. The molecular weight excluding hydrogens is 352 g/mol. The Morgan fingerprint density at radius 1 is 1.04 bits per heavy atom. The highest BCUT2D eigenvalue weighted by Crippen LogP contribution is 2.18. The quantitative estimate of drug-likeness (QED) is 0.308. The van der Waals surface area contributed by atoms with Crippen LogP contribution >= 0.6 is 0 Å². The first-order valence-corrected chi connectivity index (χ1v) is 8.82. The van der Waals surface area contributed by atoms with Crippen LogP contribution in [0.15, 0.2) is 84.9 Å². The minimum absolute atomic E-state index is 0.0356. The van der Waals surface area contributed by atoms with Crippen LogP contribution in [0.25, 0.3) is 6.08 Å². The van der Waals surface area contributed by atoms with Crippen molar-refractivity contribution in [3.63, 3.8) is 0 Å². The fourth-order valence-electron chi connectivity index (χ4n) is 2.86. The average Bonchev–Trinajstić information content (AvgIpc) is 2.67. The van der Waals surface area contributed by atoms with Gasteiger partial charge in [0.2, 0.25) is 0 Å². The smallest absolute Gasteiger partial charge is 0.269 e. The molecule has 3 rings (SSSR count). The van der Waals surface area contributed by atoms with E-state index in [0.29, 0.717) is 5.56 Å². The average molecular weight is 372 g/mol. The Morgan fingerprint density at radius 2 is 1.71 bits per heavy atom. The topological polar surface area (TPSA) is 63.5 Å². The second-order valence-corrected chi connectivity index (χ2v) is 6.57. The van der Waals surface area contributed by atoms with Crippen LogP contribution in [0.3, 0.4) is 0 Å². The van der Waals surface area contributed by atoms with Gasteiger partial charge in [-0.15, -0.1) is 0 Å². The number of hydrogen-bond acceptors (Lipinski definition) is 4. The Labute approximate surface area is 163 Å². The largest absolute Gasteiger partial charge is 0.330 e. The minimum atomic E-state index is -0.416. The lowest BCUT2D eigenvalue weighted by Crippen LogP contribution is -2.05. The van der Waals surface area contributed by atoms with Gasteiger partial charge in [0.1, 0.15) is 0 Å². The lowest BCUT2D eigenvalue weighted by Gasteiger charge is -2.14. The van der Waals surface area contributed by atoms with E-state index in [1.54, 1.807) is 29.3 Å². The molecule has 0 amide bonds. The van der Waals surface area contributed by atoms with E-state index >= 15 is 0 Å². The van der Waals surface area contributed by atoms with E-state index in [2.05, 4.69) is 0 Å². The molecule has 1 aliphatic heterocycles. The summed E-state index contributed by atoms with van der Waals surface area (Å²) in [5.74, 6) is -0.0356. The highest BCUT2D eigenvalue weighted by Gasteiger charge is 2.07. The molecule has 0 fully saturated rings. The molecule has 5 nitrogen and oxygen atoms in total. The summed E-state index contributed by atoms with van der Waals surface area (Å²) >= 11 is 0. The summed E-state index contributed by atoms with van der Waals surface area (Å²) in [5.41, 5.74) is 4.70. The van der Waals surface area contributed by atoms with Gasteiger partial charge in [0.05, 0.1) is 4.92 Å². The molecule has 1 aliphatic rings. The predicted molar refractivity (Wildman–Crippen MR) is 111 cm³/mol. The van der Waals surface area contributed by atoms with Crippen LogP contribution < -0.4 is 0 Å². The van der Waals surface area contributed by atoms with E-state index in [-0.39, 0.29) is 11.5 Å². The second-order valence-electron chi connectivity index (χ2n) is 6.57. The van der Waals surface area contributed by atoms with E-state index in [0.717, 1.165) is 22.3 Å². The van der Waals surface area contributed by atoms with Gasteiger partial charge in [-0.05, 0) is 60.9 Å². The number of allylic oxidation sites excluding steroid dienone is 4. The fraction of sp³-hybridized carbons (Fsp3) is 0.0870. The third-order valence-corrected chi connectivity index (χ3v) is 4.36. The first-order chi connectivity index (χ1) is 13.4. The van der Waals surface area contributed by atoms with E-state index < -0.39 is 4.92 Å². The van der Waals surface area contributed by atoms with Gasteiger partial charge in [-0.1, -0.05) is 23.8 Å². The van der Waals surface area contributed by atoms with Crippen molar-refractivity contribution in [2.75, 3.05) is 0 Å². The van der Waals surface area contributed by atoms with Gasteiger partial charge >= 0.3 is 0 Å². The van der Waals surface area contributed by atoms with Crippen LogP contribution in [-0.2, 0) is 0 Å². The molecule has 0 aromatic heterocycles. The fourth-order valence-corrected chi connectivity index (χ4v) is 2.86. The lowest BCUT2D eigenvalue weighted by molar-refractivity contribution is -0.384. The number of non-ortho nitro benzene ring substituents is 1. The van der Waals surface area contributed by atoms with Crippen LogP contribution in [0.2, 0.25) is 0 Å². The van der Waals surface area contributed by atoms with E-state index in [4.69, 9.17) is 0 Å². The number of nitro benzene ring substituents is 1. The third kappa shape index (κ3) is 4.71. The van der Waals surface area contributed by atoms with Crippen molar-refractivity contribution in [1.82, 2.24) is 4.90 Å². The summed E-state index contributed by atoms with van der Waals surface area (Å²) in [5, 5.41) is 10.7. The molecule has 0 saturated heterocycles. The molecule has 1 heterocycles. The zero-order valence-electron chi connectivity index (χ0n) is 15.7. The highest BCUT2D eigenvalue weighted by molar-refractivity contribution is 6.05. The van der Waals surface area contributed by atoms with Crippen molar-refractivity contribution >= 4 is 17.5 Å². The van der Waals surface area contributed by atoms with Gasteiger partial charge in [-0.3, -0.25) is 14.9 Å². The summed E-state index contributed by atoms with van der Waals surface area (Å²) in [7, 11) is 0. The number of carbonyl (C=O) groups is 1. The molecule has 5 heteroatoms. The molecule has 0 atom stereocenters. The van der Waals surface area contributed by atoms with Gasteiger partial charge in [-0.25, -0.2) is 0 Å². The number of ketones is 1. The number of nitrogens with zero attached hydrogens (tertiary/aromatic N) is 2. The molecule has 0 aliphatic carbocycles. The maximum atomic E-state index is 12.4. The number of benzene rings is 2. The molecular formula is C23H20N2O3. The molecule has 28 heavy (non-hydrogen) atoms. The minimum Gasteiger partial charge on any atom is -0.330 e. The number of rotatable bonds is 5. The summed E-state index contributed by atoms with van der Waals surface area (Å²) in [4.78, 5) is 24.5. The standard InChI is InChI=1S/C23H20N2O3/c1-17-3-8-22(18(2)15-17)23(26)11-14-24-12-9-20(10-13-24)16-19-4-6-21(7-5-19)25(27)28/h3-16H,1-2H3/b14-11+. The van der Waals surface area contributed by atoms with Gasteiger partial charge in [0.15, 0.2) is 5.78 Å². The molecule has 0 unspecified atom stereocenters. The van der Waals surface area contributed by atoms with Gasteiger partial charge < -0.3 is 4.90 Å². The first kappa shape index (κ1) is 19.0. The Kier molecular flexibility index (Phi) is 5.65. The Morgan fingerprint density at radius 3 is 2.32 bits per heavy atom. The second kappa shape index (κ2) is 8.31. The molecule has 0 N–H and O–H groups in total. The number of carbonyl (C=O) groups excluding carboxylic acids is 1. The number of nitro groups is 1. The van der Waals surface area contributed by atoms with Crippen LogP contribution in [0.4, 0.5) is 5.69 Å². The summed E-state index contributed by atoms with van der Waals surface area (Å²) in [6.45, 7) is 3.94. The number of aryl methyl sites for hydroxylation is 2. The van der Waals surface area contributed by atoms with Crippen molar-refractivity contribution in [3.05, 3.63) is 117 Å². The zero-order chi connectivity index (χ0) is 20.1. The molecule has 2 aromatic rings. The van der Waals surface area contributed by atoms with Crippen LogP contribution in [-0.4, -0.2) is 15.6 Å². The van der Waals surface area contributed by atoms with E-state index in [9.17, 15) is 14.9 Å². The summed E-state index contributed by atoms with van der Waals surface area (Å²) in [6.07, 6.45) is 12.7. The summed E-state index contributed by atoms with van der Waals surface area (Å²) < 4.78 is 0. The molecule has 0 saturated carbocycles. The SMILES string of the molecule is Cc1ccc(C(=O)/C=C/N2C=CC(=Cc3ccc([N+](=O)[O-])cc3)C=C2)c(C)c1. The predicted octanol–water partition coefficient (Wildman–Crippen LogP) is 5.33. The molecule has 0 radical (unpaired) electrons. The van der Waals surface area contributed by atoms with Gasteiger partial charge in [0, 0.05) is 42.4 Å². The van der Waals surface area contributed by atoms with Crippen molar-refractivity contribution in [2.24, 2.45) is 0 Å². The zero-order valence-corrected chi connectivity index (χ0v) is 15.7. The van der Waals surface area contributed by atoms with Crippen LogP contribution in [0.5, 0.6) is 0 Å². The maximum Gasteiger partial charge on any atom is 0.269 e. The number of hydrogen-bond donors (Lipinski definition) is 0. The first-order valence-electron chi connectivity index (χ1n) is 8.82. The van der Waals surface area contributed by atoms with E-state index in [1.807, 2.05) is 62.7 Å². The van der Waals surface area contributed by atoms with Gasteiger partial charge in [0.25, 0.3) is 5.69 Å². The molecule has 140 valence electrons. The van der Waals surface area contributed by atoms with Crippen molar-refractivity contribution in [3.8, 4) is 0 Å². The molecule has 2 aromatic carbocycles. The van der Waals surface area contributed by atoms with Crippen molar-refractivity contribution in [1.29, 1.82) is 0 Å². The van der Waals surface area contributed by atoms with Crippen LogP contribution in [0, 0.1) is 24.0 Å². The van der Waals surface area contributed by atoms with Gasteiger partial charge in [-0.2, -0.15) is 0 Å². The monoisotopic (exact) mass is 372 g/mol. The Hall–Kier alpha value is -3.73. The summed E-state index contributed by atoms with van der Waals surface area (Å²) in [6, 6.07) is 12.2. The van der Waals surface area contributed by atoms with Crippen LogP contribution in [0.1, 0.15) is 27.0 Å². The van der Waals surface area contributed by atoms with E-state index in [1.165, 1.54) is 12.1 Å². The Balaban J connectivity index is 1.65. The third-order valence-electron chi connectivity index (χ3n) is 4.36. The Bertz CT molecular complexity index is 1010. The normalized spacial score (nSPS) is 13.2. The highest BCUT2D eigenvalue weighted by atomic mass is 16.6. The maximum absolute atomic E-state index is 12.4. The molecule has 0 bridgehead atoms.